The van der Waals surface area contributed by atoms with Gasteiger partial charge < -0.3 is 26.1 Å². The van der Waals surface area contributed by atoms with Crippen molar-refractivity contribution >= 4 is 29.3 Å². The number of hydrogen-bond acceptors (Lipinski definition) is 4. The number of rotatable bonds is 6. The summed E-state index contributed by atoms with van der Waals surface area (Å²) in [6, 6.07) is 11.5. The number of primary amides is 1. The third-order valence-electron chi connectivity index (χ3n) is 4.18. The van der Waals surface area contributed by atoms with Gasteiger partial charge in [0.25, 0.3) is 5.91 Å². The molecule has 0 aliphatic carbocycles. The van der Waals surface area contributed by atoms with E-state index in [9.17, 15) is 18.8 Å². The van der Waals surface area contributed by atoms with E-state index in [0.29, 0.717) is 16.8 Å². The summed E-state index contributed by atoms with van der Waals surface area (Å²) < 4.78 is 18.7. The van der Waals surface area contributed by atoms with Crippen LogP contribution in [0.5, 0.6) is 0 Å². The van der Waals surface area contributed by atoms with E-state index in [2.05, 4.69) is 15.6 Å². The molecule has 154 valence electrons. The number of aromatic amines is 1. The number of amides is 3. The second-order valence-electron chi connectivity index (χ2n) is 6.17. The lowest BCUT2D eigenvalue weighted by Crippen LogP contribution is -2.20. The molecule has 9 heteroatoms. The standard InChI is InChI=1S/C21H19FN4O4/c1-2-30-20(28)14-11-24-18(19(23)27)17(14)12-7-9-13(10-8-12)25-21(29)26-16-6-4-3-5-15(16)22/h3-11,24H,2H2,1H3,(H2,23,27)(H2,25,26,29). The zero-order valence-corrected chi connectivity index (χ0v) is 16.0. The van der Waals surface area contributed by atoms with E-state index in [0.717, 1.165) is 0 Å². The van der Waals surface area contributed by atoms with E-state index in [1.165, 1.54) is 24.4 Å². The Balaban J connectivity index is 1.81. The van der Waals surface area contributed by atoms with E-state index in [1.54, 1.807) is 37.3 Å². The first-order valence-electron chi connectivity index (χ1n) is 9.02. The molecule has 0 atom stereocenters. The van der Waals surface area contributed by atoms with Crippen molar-refractivity contribution < 1.29 is 23.5 Å². The zero-order chi connectivity index (χ0) is 21.7. The maximum Gasteiger partial charge on any atom is 0.340 e. The fraction of sp³-hybridized carbons (Fsp3) is 0.0952. The number of esters is 1. The van der Waals surface area contributed by atoms with E-state index in [1.807, 2.05) is 0 Å². The van der Waals surface area contributed by atoms with Crippen LogP contribution >= 0.6 is 0 Å². The van der Waals surface area contributed by atoms with Gasteiger partial charge in [-0.15, -0.1) is 0 Å². The van der Waals surface area contributed by atoms with Crippen molar-refractivity contribution in [3.8, 4) is 11.1 Å². The largest absolute Gasteiger partial charge is 0.462 e. The number of anilines is 2. The minimum Gasteiger partial charge on any atom is -0.462 e. The van der Waals surface area contributed by atoms with Crippen molar-refractivity contribution in [2.24, 2.45) is 5.73 Å². The predicted molar refractivity (Wildman–Crippen MR) is 110 cm³/mol. The molecule has 5 N–H and O–H groups in total. The van der Waals surface area contributed by atoms with Crippen LogP contribution in [0.4, 0.5) is 20.6 Å². The molecule has 1 heterocycles. The lowest BCUT2D eigenvalue weighted by atomic mass is 10.0. The average Bonchev–Trinajstić information content (AvgIpc) is 3.16. The Kier molecular flexibility index (Phi) is 6.11. The van der Waals surface area contributed by atoms with Gasteiger partial charge in [0.15, 0.2) is 0 Å². The molecule has 0 saturated heterocycles. The maximum atomic E-state index is 13.6. The predicted octanol–water partition coefficient (Wildman–Crippen LogP) is 3.74. The van der Waals surface area contributed by atoms with Crippen LogP contribution < -0.4 is 16.4 Å². The molecule has 3 aromatic rings. The van der Waals surface area contributed by atoms with E-state index in [-0.39, 0.29) is 23.6 Å². The molecule has 1 aromatic heterocycles. The number of ether oxygens (including phenoxy) is 1. The molecular formula is C21H19FN4O4. The number of carbonyl (C=O) groups excluding carboxylic acids is 3. The molecule has 0 aliphatic heterocycles. The highest BCUT2D eigenvalue weighted by molar-refractivity contribution is 6.07. The molecule has 8 nitrogen and oxygen atoms in total. The minimum atomic E-state index is -0.730. The van der Waals surface area contributed by atoms with Gasteiger partial charge >= 0.3 is 12.0 Å². The van der Waals surface area contributed by atoms with Crippen LogP contribution in [0.1, 0.15) is 27.8 Å². The van der Waals surface area contributed by atoms with Gasteiger partial charge in [-0.25, -0.2) is 14.0 Å². The van der Waals surface area contributed by atoms with Gasteiger partial charge in [0.05, 0.1) is 17.9 Å². The highest BCUT2D eigenvalue weighted by Crippen LogP contribution is 2.29. The molecule has 0 unspecified atom stereocenters. The first-order chi connectivity index (χ1) is 14.4. The molecule has 0 aliphatic rings. The Bertz CT molecular complexity index is 1090. The van der Waals surface area contributed by atoms with Crippen molar-refractivity contribution in [2.45, 2.75) is 6.92 Å². The quantitative estimate of drug-likeness (QED) is 0.462. The first-order valence-corrected chi connectivity index (χ1v) is 9.02. The van der Waals surface area contributed by atoms with Gasteiger partial charge in [0.1, 0.15) is 11.5 Å². The van der Waals surface area contributed by atoms with Crippen molar-refractivity contribution in [2.75, 3.05) is 17.2 Å². The number of nitrogens with two attached hydrogens (primary N) is 1. The second kappa shape index (κ2) is 8.91. The van der Waals surface area contributed by atoms with Gasteiger partial charge in [-0.2, -0.15) is 0 Å². The third kappa shape index (κ3) is 4.46. The Labute approximate surface area is 171 Å². The maximum absolute atomic E-state index is 13.6. The molecule has 0 spiro atoms. The summed E-state index contributed by atoms with van der Waals surface area (Å²) >= 11 is 0. The van der Waals surface area contributed by atoms with Crippen molar-refractivity contribution in [1.82, 2.24) is 4.98 Å². The van der Waals surface area contributed by atoms with Crippen LogP contribution in [-0.2, 0) is 4.74 Å². The fourth-order valence-electron chi connectivity index (χ4n) is 2.85. The molecule has 2 aromatic carbocycles. The molecule has 3 rings (SSSR count). The molecule has 0 bridgehead atoms. The van der Waals surface area contributed by atoms with Gasteiger partial charge in [-0.05, 0) is 36.8 Å². The number of H-pyrrole nitrogens is 1. The summed E-state index contributed by atoms with van der Waals surface area (Å²) in [5.74, 6) is -1.88. The number of benzene rings is 2. The van der Waals surface area contributed by atoms with Crippen LogP contribution in [0, 0.1) is 5.82 Å². The topological polar surface area (TPSA) is 126 Å². The number of halogens is 1. The normalized spacial score (nSPS) is 10.3. The monoisotopic (exact) mass is 410 g/mol. The van der Waals surface area contributed by atoms with Gasteiger partial charge in [0.2, 0.25) is 0 Å². The number of para-hydroxylation sites is 1. The SMILES string of the molecule is CCOC(=O)c1c[nH]c(C(N)=O)c1-c1ccc(NC(=O)Nc2ccccc2F)cc1. The van der Waals surface area contributed by atoms with E-state index >= 15 is 0 Å². The summed E-state index contributed by atoms with van der Waals surface area (Å²) in [4.78, 5) is 38.7. The summed E-state index contributed by atoms with van der Waals surface area (Å²) in [5.41, 5.74) is 6.93. The Morgan fingerprint density at radius 2 is 1.77 bits per heavy atom. The van der Waals surface area contributed by atoms with Crippen LogP contribution in [0.25, 0.3) is 11.1 Å². The first kappa shape index (κ1) is 20.6. The average molecular weight is 410 g/mol. The molecular weight excluding hydrogens is 391 g/mol. The number of nitrogens with one attached hydrogen (secondary N) is 3. The Hall–Kier alpha value is -4.14. The highest BCUT2D eigenvalue weighted by Gasteiger charge is 2.22. The lowest BCUT2D eigenvalue weighted by molar-refractivity contribution is 0.0527. The highest BCUT2D eigenvalue weighted by atomic mass is 19.1. The third-order valence-corrected chi connectivity index (χ3v) is 4.18. The summed E-state index contributed by atoms with van der Waals surface area (Å²) in [5, 5.41) is 4.99. The Morgan fingerprint density at radius 3 is 2.40 bits per heavy atom. The van der Waals surface area contributed by atoms with Gasteiger partial charge in [-0.3, -0.25) is 4.79 Å². The summed E-state index contributed by atoms with van der Waals surface area (Å²) in [6.45, 7) is 1.85. The minimum absolute atomic E-state index is 0.0455. The van der Waals surface area contributed by atoms with Crippen LogP contribution in [0.15, 0.2) is 54.7 Å². The van der Waals surface area contributed by atoms with E-state index < -0.39 is 23.7 Å². The Morgan fingerprint density at radius 1 is 1.07 bits per heavy atom. The van der Waals surface area contributed by atoms with Crippen molar-refractivity contribution in [3.63, 3.8) is 0 Å². The van der Waals surface area contributed by atoms with E-state index in [4.69, 9.17) is 10.5 Å². The fourth-order valence-corrected chi connectivity index (χ4v) is 2.85. The molecule has 3 amide bonds. The summed E-state index contributed by atoms with van der Waals surface area (Å²) in [6.07, 6.45) is 1.36. The molecule has 0 fully saturated rings. The molecule has 30 heavy (non-hydrogen) atoms. The van der Waals surface area contributed by atoms with Crippen LogP contribution in [0.2, 0.25) is 0 Å². The molecule has 0 radical (unpaired) electrons. The van der Waals surface area contributed by atoms with Crippen molar-refractivity contribution in [3.05, 3.63) is 71.8 Å². The van der Waals surface area contributed by atoms with Gasteiger partial charge in [-0.1, -0.05) is 24.3 Å². The number of urea groups is 1. The van der Waals surface area contributed by atoms with Crippen LogP contribution in [-0.4, -0.2) is 29.5 Å². The van der Waals surface area contributed by atoms with Gasteiger partial charge in [0, 0.05) is 17.4 Å². The number of carbonyl (C=O) groups is 3. The second-order valence-corrected chi connectivity index (χ2v) is 6.17. The smallest absolute Gasteiger partial charge is 0.340 e. The number of aromatic nitrogens is 1. The lowest BCUT2D eigenvalue weighted by Gasteiger charge is -2.10. The van der Waals surface area contributed by atoms with Crippen molar-refractivity contribution in [1.29, 1.82) is 0 Å². The summed E-state index contributed by atoms with van der Waals surface area (Å²) in [7, 11) is 0. The molecule has 0 saturated carbocycles. The number of hydrogen-bond donors (Lipinski definition) is 4. The zero-order valence-electron chi connectivity index (χ0n) is 16.0. The van der Waals surface area contributed by atoms with Crippen LogP contribution in [0.3, 0.4) is 0 Å².